The third-order valence-electron chi connectivity index (χ3n) is 5.05. The molecule has 8 heteroatoms. The molecule has 1 amide bonds. The van der Waals surface area contributed by atoms with Crippen LogP contribution in [0.3, 0.4) is 0 Å². The Morgan fingerprint density at radius 2 is 2.07 bits per heavy atom. The number of likely N-dealkylation sites (N-methyl/N-ethyl adjacent to an activating group) is 1. The van der Waals surface area contributed by atoms with Gasteiger partial charge in [-0.1, -0.05) is 12.5 Å². The summed E-state index contributed by atoms with van der Waals surface area (Å²) in [5, 5.41) is 8.84. The minimum atomic E-state index is -0.0270. The first-order chi connectivity index (χ1) is 14.1. The summed E-state index contributed by atoms with van der Waals surface area (Å²) in [7, 11) is 3.49. The van der Waals surface area contributed by atoms with Crippen LogP contribution >= 0.6 is 11.3 Å². The van der Waals surface area contributed by atoms with Crippen LogP contribution in [0.5, 0.6) is 0 Å². The Bertz CT molecular complexity index is 752. The van der Waals surface area contributed by atoms with E-state index in [1.807, 2.05) is 18.2 Å². The number of nitrogens with zero attached hydrogens (tertiary/aromatic N) is 3. The van der Waals surface area contributed by atoms with Gasteiger partial charge in [0.2, 0.25) is 5.91 Å². The van der Waals surface area contributed by atoms with E-state index in [2.05, 4.69) is 32.0 Å². The third-order valence-corrected chi connectivity index (χ3v) is 5.92. The minimum Gasteiger partial charge on any atom is -0.468 e. The third kappa shape index (κ3) is 6.61. The van der Waals surface area contributed by atoms with Gasteiger partial charge in [-0.25, -0.2) is 4.99 Å². The maximum absolute atomic E-state index is 12.0. The standard InChI is InChI=1S/C21H31N5O2S/c1-25(2)20(27)16-24-21(22-14-17-8-7-13-29-17)23-15-18(19-9-6-12-28-19)26-10-4-3-5-11-26/h6-9,12-13,18H,3-5,10-11,14-16H2,1-2H3,(H2,22,23,24). The quantitative estimate of drug-likeness (QED) is 0.510. The van der Waals surface area contributed by atoms with Crippen LogP contribution < -0.4 is 10.6 Å². The lowest BCUT2D eigenvalue weighted by molar-refractivity contribution is -0.127. The zero-order valence-corrected chi connectivity index (χ0v) is 18.1. The number of thiophene rings is 1. The molecular formula is C21H31N5O2S. The van der Waals surface area contributed by atoms with Crippen molar-refractivity contribution in [3.63, 3.8) is 0 Å². The van der Waals surface area contributed by atoms with Crippen molar-refractivity contribution in [3.05, 3.63) is 46.5 Å². The fourth-order valence-corrected chi connectivity index (χ4v) is 4.00. The van der Waals surface area contributed by atoms with Crippen molar-refractivity contribution in [3.8, 4) is 0 Å². The van der Waals surface area contributed by atoms with Crippen LogP contribution in [0.4, 0.5) is 0 Å². The molecule has 1 saturated heterocycles. The van der Waals surface area contributed by atoms with E-state index in [4.69, 9.17) is 4.42 Å². The number of likely N-dealkylation sites (tertiary alicyclic amines) is 1. The molecule has 3 heterocycles. The van der Waals surface area contributed by atoms with E-state index in [1.165, 1.54) is 24.1 Å². The second-order valence-electron chi connectivity index (χ2n) is 7.39. The predicted molar refractivity (Wildman–Crippen MR) is 117 cm³/mol. The molecule has 3 rings (SSSR count). The largest absolute Gasteiger partial charge is 0.468 e. The molecule has 1 unspecified atom stereocenters. The van der Waals surface area contributed by atoms with Gasteiger partial charge in [-0.15, -0.1) is 11.3 Å². The van der Waals surface area contributed by atoms with Gasteiger partial charge in [0.1, 0.15) is 12.3 Å². The van der Waals surface area contributed by atoms with E-state index in [1.54, 1.807) is 36.6 Å². The van der Waals surface area contributed by atoms with Crippen LogP contribution in [0.2, 0.25) is 0 Å². The lowest BCUT2D eigenvalue weighted by Gasteiger charge is -2.33. The summed E-state index contributed by atoms with van der Waals surface area (Å²) in [5.74, 6) is 1.57. The molecule has 1 fully saturated rings. The zero-order valence-electron chi connectivity index (χ0n) is 17.3. The lowest BCUT2D eigenvalue weighted by atomic mass is 10.1. The number of amides is 1. The van der Waals surface area contributed by atoms with Gasteiger partial charge in [0.25, 0.3) is 0 Å². The van der Waals surface area contributed by atoms with Crippen LogP contribution in [-0.4, -0.2) is 61.9 Å². The summed E-state index contributed by atoms with van der Waals surface area (Å²) in [6, 6.07) is 8.23. The van der Waals surface area contributed by atoms with Gasteiger partial charge in [0, 0.05) is 25.5 Å². The van der Waals surface area contributed by atoms with Crippen molar-refractivity contribution in [2.45, 2.75) is 31.8 Å². The molecule has 2 N–H and O–H groups in total. The van der Waals surface area contributed by atoms with Crippen molar-refractivity contribution in [1.82, 2.24) is 20.4 Å². The van der Waals surface area contributed by atoms with Crippen molar-refractivity contribution in [2.75, 3.05) is 40.3 Å². The highest BCUT2D eigenvalue weighted by Gasteiger charge is 2.24. The molecule has 0 aromatic carbocycles. The SMILES string of the molecule is CN(C)C(=O)CN=C(NCc1cccs1)NCC(c1ccco1)N1CCCCC1. The normalized spacial score (nSPS) is 16.4. The summed E-state index contributed by atoms with van der Waals surface area (Å²) in [4.78, 5) is 21.7. The summed E-state index contributed by atoms with van der Waals surface area (Å²) in [5.41, 5.74) is 0. The Balaban J connectivity index is 1.66. The first-order valence-corrected chi connectivity index (χ1v) is 11.0. The van der Waals surface area contributed by atoms with Gasteiger partial charge in [0.05, 0.1) is 18.8 Å². The van der Waals surface area contributed by atoms with E-state index >= 15 is 0 Å². The minimum absolute atomic E-state index is 0.0270. The smallest absolute Gasteiger partial charge is 0.243 e. The van der Waals surface area contributed by atoms with Crippen LogP contribution in [-0.2, 0) is 11.3 Å². The van der Waals surface area contributed by atoms with Gasteiger partial charge in [-0.2, -0.15) is 0 Å². The number of carbonyl (C=O) groups excluding carboxylic acids is 1. The molecule has 1 atom stereocenters. The second kappa shape index (κ2) is 11.0. The predicted octanol–water partition coefficient (Wildman–Crippen LogP) is 2.69. The molecule has 2 aromatic rings. The summed E-state index contributed by atoms with van der Waals surface area (Å²) in [6.45, 7) is 3.60. The Labute approximate surface area is 176 Å². The fourth-order valence-electron chi connectivity index (χ4n) is 3.36. The average Bonchev–Trinajstić information content (AvgIpc) is 3.44. The van der Waals surface area contributed by atoms with Gasteiger partial charge in [-0.3, -0.25) is 9.69 Å². The number of nitrogens with one attached hydrogen (secondary N) is 2. The Kier molecular flexibility index (Phi) is 8.13. The molecule has 0 bridgehead atoms. The van der Waals surface area contributed by atoms with Crippen LogP contribution in [0.15, 0.2) is 45.3 Å². The highest BCUT2D eigenvalue weighted by atomic mass is 32.1. The average molecular weight is 418 g/mol. The molecule has 0 saturated carbocycles. The van der Waals surface area contributed by atoms with Gasteiger partial charge >= 0.3 is 0 Å². The monoisotopic (exact) mass is 417 g/mol. The molecule has 0 spiro atoms. The summed E-state index contributed by atoms with van der Waals surface area (Å²) < 4.78 is 5.73. The molecule has 2 aromatic heterocycles. The van der Waals surface area contributed by atoms with Crippen molar-refractivity contribution < 1.29 is 9.21 Å². The maximum Gasteiger partial charge on any atom is 0.243 e. The molecule has 29 heavy (non-hydrogen) atoms. The van der Waals surface area contributed by atoms with Crippen LogP contribution in [0, 0.1) is 0 Å². The number of furan rings is 1. The van der Waals surface area contributed by atoms with E-state index in [9.17, 15) is 4.79 Å². The molecule has 0 radical (unpaired) electrons. The van der Waals surface area contributed by atoms with Crippen LogP contribution in [0.1, 0.15) is 35.9 Å². The van der Waals surface area contributed by atoms with Crippen molar-refractivity contribution in [2.24, 2.45) is 4.99 Å². The molecule has 1 aliphatic rings. The first-order valence-electron chi connectivity index (χ1n) is 10.2. The number of rotatable bonds is 8. The number of aliphatic imine (C=N–C) groups is 1. The lowest BCUT2D eigenvalue weighted by Crippen LogP contribution is -2.44. The molecular weight excluding hydrogens is 386 g/mol. The number of piperidine rings is 1. The molecule has 158 valence electrons. The molecule has 7 nitrogen and oxygen atoms in total. The Hall–Kier alpha value is -2.32. The van der Waals surface area contributed by atoms with Gasteiger partial charge < -0.3 is 20.0 Å². The Morgan fingerprint density at radius 1 is 1.24 bits per heavy atom. The van der Waals surface area contributed by atoms with Crippen molar-refractivity contribution >= 4 is 23.2 Å². The fraction of sp³-hybridized carbons (Fsp3) is 0.524. The topological polar surface area (TPSA) is 73.1 Å². The zero-order chi connectivity index (χ0) is 20.5. The van der Waals surface area contributed by atoms with Crippen molar-refractivity contribution in [1.29, 1.82) is 0 Å². The summed E-state index contributed by atoms with van der Waals surface area (Å²) in [6.07, 6.45) is 5.45. The number of hydrogen-bond acceptors (Lipinski definition) is 5. The summed E-state index contributed by atoms with van der Waals surface area (Å²) >= 11 is 1.70. The van der Waals surface area contributed by atoms with E-state index < -0.39 is 0 Å². The number of carbonyl (C=O) groups is 1. The second-order valence-corrected chi connectivity index (χ2v) is 8.43. The maximum atomic E-state index is 12.0. The van der Waals surface area contributed by atoms with Gasteiger partial charge in [-0.05, 0) is 49.5 Å². The number of hydrogen-bond donors (Lipinski definition) is 2. The van der Waals surface area contributed by atoms with E-state index in [-0.39, 0.29) is 18.5 Å². The van der Waals surface area contributed by atoms with Crippen LogP contribution in [0.25, 0.3) is 0 Å². The molecule has 1 aliphatic heterocycles. The van der Waals surface area contributed by atoms with E-state index in [0.717, 1.165) is 18.8 Å². The first kappa shape index (κ1) is 21.4. The van der Waals surface area contributed by atoms with E-state index in [0.29, 0.717) is 19.0 Å². The highest BCUT2D eigenvalue weighted by Crippen LogP contribution is 2.24. The molecule has 0 aliphatic carbocycles. The van der Waals surface area contributed by atoms with Gasteiger partial charge in [0.15, 0.2) is 5.96 Å². The Morgan fingerprint density at radius 3 is 2.72 bits per heavy atom. The number of guanidine groups is 1. The highest BCUT2D eigenvalue weighted by molar-refractivity contribution is 7.09.